The monoisotopic (exact) mass is 412 g/mol. The Morgan fingerprint density at radius 1 is 1.19 bits per heavy atom. The number of nitrogens with one attached hydrogen (secondary N) is 2. The molecule has 0 radical (unpaired) electrons. The molecule has 2 aromatic rings. The van der Waals surface area contributed by atoms with Crippen LogP contribution in [-0.2, 0) is 4.79 Å². The summed E-state index contributed by atoms with van der Waals surface area (Å²) in [6.07, 6.45) is 4.54. The molecule has 2 heterocycles. The second kappa shape index (κ2) is 8.04. The molecule has 9 heteroatoms. The van der Waals surface area contributed by atoms with Crippen LogP contribution in [0.25, 0.3) is 10.9 Å². The number of piperazine rings is 1. The Morgan fingerprint density at radius 3 is 2.67 bits per heavy atom. The number of amides is 1. The highest BCUT2D eigenvalue weighted by atomic mass is 35.5. The van der Waals surface area contributed by atoms with Crippen LogP contribution >= 0.6 is 24.0 Å². The van der Waals surface area contributed by atoms with Crippen LogP contribution in [0.4, 0.5) is 0 Å². The van der Waals surface area contributed by atoms with Crippen molar-refractivity contribution in [2.24, 2.45) is 0 Å². The number of halogens is 2. The number of nitrogens with zero attached hydrogens (tertiary/aromatic N) is 2. The second-order valence-electron chi connectivity index (χ2n) is 6.77. The molecular formula is C18H22Cl2N4O3. The zero-order chi connectivity index (χ0) is 18.1. The van der Waals surface area contributed by atoms with Gasteiger partial charge in [-0.15, -0.1) is 12.4 Å². The van der Waals surface area contributed by atoms with Crippen LogP contribution in [0, 0.1) is 0 Å². The van der Waals surface area contributed by atoms with Gasteiger partial charge in [-0.2, -0.15) is 0 Å². The fourth-order valence-corrected chi connectivity index (χ4v) is 3.99. The van der Waals surface area contributed by atoms with Gasteiger partial charge >= 0.3 is 0 Å². The first-order valence-electron chi connectivity index (χ1n) is 8.79. The van der Waals surface area contributed by atoms with E-state index in [1.165, 1.54) is 6.33 Å². The van der Waals surface area contributed by atoms with Crippen molar-refractivity contribution in [1.82, 2.24) is 20.6 Å². The van der Waals surface area contributed by atoms with Crippen molar-refractivity contribution in [1.29, 1.82) is 0 Å². The van der Waals surface area contributed by atoms with Crippen LogP contribution in [0.3, 0.4) is 0 Å². The van der Waals surface area contributed by atoms with E-state index in [0.29, 0.717) is 28.7 Å². The normalized spacial score (nSPS) is 25.0. The quantitative estimate of drug-likeness (QED) is 0.753. The summed E-state index contributed by atoms with van der Waals surface area (Å²) in [6.45, 7) is 1.51. The van der Waals surface area contributed by atoms with Gasteiger partial charge in [0.15, 0.2) is 11.5 Å². The zero-order valence-corrected chi connectivity index (χ0v) is 16.5. The predicted octanol–water partition coefficient (Wildman–Crippen LogP) is 2.49. The first kappa shape index (κ1) is 19.9. The first-order chi connectivity index (χ1) is 12.6. The number of aromatic nitrogens is 2. The van der Waals surface area contributed by atoms with Crippen LogP contribution in [0.1, 0.15) is 25.7 Å². The first-order valence-corrected chi connectivity index (χ1v) is 9.17. The Hall–Kier alpha value is -1.83. The molecule has 27 heavy (non-hydrogen) atoms. The molecule has 2 aliphatic rings. The Balaban J connectivity index is 0.00000210. The third-order valence-electron chi connectivity index (χ3n) is 5.26. The maximum atomic E-state index is 12.3. The van der Waals surface area contributed by atoms with Crippen molar-refractivity contribution >= 4 is 40.8 Å². The molecule has 4 rings (SSSR count). The number of fused-ring (bicyclic) bond motifs is 1. The number of benzene rings is 1. The molecule has 1 saturated carbocycles. The van der Waals surface area contributed by atoms with Crippen LogP contribution in [0.15, 0.2) is 18.5 Å². The number of methoxy groups -OCH3 is 1. The third kappa shape index (κ3) is 3.77. The van der Waals surface area contributed by atoms with Crippen molar-refractivity contribution in [3.8, 4) is 11.5 Å². The highest BCUT2D eigenvalue weighted by Crippen LogP contribution is 2.37. The predicted molar refractivity (Wildman–Crippen MR) is 105 cm³/mol. The fourth-order valence-electron chi connectivity index (χ4n) is 3.80. The van der Waals surface area contributed by atoms with E-state index < -0.39 is 5.54 Å². The van der Waals surface area contributed by atoms with Crippen LogP contribution in [0.5, 0.6) is 11.5 Å². The Kier molecular flexibility index (Phi) is 5.93. The molecule has 0 bridgehead atoms. The van der Waals surface area contributed by atoms with Crippen molar-refractivity contribution < 1.29 is 14.3 Å². The van der Waals surface area contributed by atoms with Crippen LogP contribution in [-0.4, -0.2) is 47.7 Å². The van der Waals surface area contributed by atoms with E-state index in [1.54, 1.807) is 13.2 Å². The van der Waals surface area contributed by atoms with Crippen molar-refractivity contribution in [3.05, 3.63) is 23.6 Å². The van der Waals surface area contributed by atoms with Gasteiger partial charge in [0, 0.05) is 24.5 Å². The molecule has 1 aromatic carbocycles. The Labute approximate surface area is 168 Å². The molecular weight excluding hydrogens is 391 g/mol. The minimum absolute atomic E-state index is 0. The van der Waals surface area contributed by atoms with E-state index in [1.807, 2.05) is 6.07 Å². The van der Waals surface area contributed by atoms with Gasteiger partial charge in [0.25, 0.3) is 0 Å². The highest BCUT2D eigenvalue weighted by Gasteiger charge is 2.43. The summed E-state index contributed by atoms with van der Waals surface area (Å²) >= 11 is 6.18. The van der Waals surface area contributed by atoms with E-state index in [-0.39, 0.29) is 24.4 Å². The topological polar surface area (TPSA) is 85.4 Å². The smallest absolute Gasteiger partial charge is 0.240 e. The van der Waals surface area contributed by atoms with Crippen LogP contribution < -0.4 is 20.1 Å². The van der Waals surface area contributed by atoms with E-state index >= 15 is 0 Å². The summed E-state index contributed by atoms with van der Waals surface area (Å²) in [4.78, 5) is 20.5. The van der Waals surface area contributed by atoms with E-state index in [0.717, 1.165) is 37.6 Å². The lowest BCUT2D eigenvalue weighted by Crippen LogP contribution is -2.64. The van der Waals surface area contributed by atoms with Gasteiger partial charge in [-0.25, -0.2) is 9.97 Å². The molecule has 0 atom stereocenters. The second-order valence-corrected chi connectivity index (χ2v) is 7.12. The number of hydrogen-bond acceptors (Lipinski definition) is 6. The summed E-state index contributed by atoms with van der Waals surface area (Å²) in [6, 6.07) is 3.63. The Morgan fingerprint density at radius 2 is 1.96 bits per heavy atom. The molecule has 1 aliphatic carbocycles. The van der Waals surface area contributed by atoms with Gasteiger partial charge in [-0.3, -0.25) is 4.79 Å². The largest absolute Gasteiger partial charge is 0.493 e. The van der Waals surface area contributed by atoms with Gasteiger partial charge in [0.2, 0.25) is 5.91 Å². The van der Waals surface area contributed by atoms with E-state index in [2.05, 4.69) is 20.6 Å². The molecule has 1 aromatic heterocycles. The third-order valence-corrected chi connectivity index (χ3v) is 5.56. The van der Waals surface area contributed by atoms with Gasteiger partial charge in [0.1, 0.15) is 11.5 Å². The fraction of sp³-hybridized carbons (Fsp3) is 0.500. The van der Waals surface area contributed by atoms with Gasteiger partial charge in [-0.1, -0.05) is 11.6 Å². The molecule has 0 unspecified atom stereocenters. The maximum Gasteiger partial charge on any atom is 0.240 e. The number of ether oxygens (including phenoxy) is 2. The molecule has 1 amide bonds. The summed E-state index contributed by atoms with van der Waals surface area (Å²) in [7, 11) is 1.60. The van der Waals surface area contributed by atoms with E-state index in [9.17, 15) is 4.79 Å². The van der Waals surface area contributed by atoms with Crippen molar-refractivity contribution in [2.45, 2.75) is 37.3 Å². The lowest BCUT2D eigenvalue weighted by molar-refractivity contribution is -0.131. The SMILES string of the molecule is COc1cc2ncnc(Cl)c2cc1O[C@H]1CC[C@@]2(CC1)NCCNC2=O.Cl. The average molecular weight is 413 g/mol. The molecule has 7 nitrogen and oxygen atoms in total. The maximum absolute atomic E-state index is 12.3. The Bertz CT molecular complexity index is 841. The standard InChI is InChI=1S/C18H21ClN4O3.ClH/c1-25-14-9-13-12(16(19)22-10-21-13)8-15(14)26-11-2-4-18(5-3-11)17(24)20-6-7-23-18;/h8-11,23H,2-7H2,1H3,(H,20,24);1H/t11-,18-;. The molecule has 2 N–H and O–H groups in total. The number of carbonyl (C=O) groups is 1. The molecule has 1 spiro atoms. The van der Waals surface area contributed by atoms with Crippen molar-refractivity contribution in [2.75, 3.05) is 20.2 Å². The minimum Gasteiger partial charge on any atom is -0.493 e. The highest BCUT2D eigenvalue weighted by molar-refractivity contribution is 6.34. The molecule has 1 aliphatic heterocycles. The number of rotatable bonds is 3. The number of hydrogen-bond donors (Lipinski definition) is 2. The summed E-state index contributed by atoms with van der Waals surface area (Å²) < 4.78 is 11.7. The van der Waals surface area contributed by atoms with Gasteiger partial charge in [0.05, 0.1) is 24.3 Å². The van der Waals surface area contributed by atoms with Gasteiger partial charge < -0.3 is 20.1 Å². The molecule has 1 saturated heterocycles. The summed E-state index contributed by atoms with van der Waals surface area (Å²) in [5.41, 5.74) is 0.266. The van der Waals surface area contributed by atoms with Gasteiger partial charge in [-0.05, 0) is 31.7 Å². The lowest BCUT2D eigenvalue weighted by Gasteiger charge is -2.42. The zero-order valence-electron chi connectivity index (χ0n) is 15.0. The van der Waals surface area contributed by atoms with Crippen LogP contribution in [0.2, 0.25) is 5.15 Å². The molecule has 146 valence electrons. The van der Waals surface area contributed by atoms with E-state index in [4.69, 9.17) is 21.1 Å². The van der Waals surface area contributed by atoms with Crippen molar-refractivity contribution in [3.63, 3.8) is 0 Å². The minimum atomic E-state index is -0.442. The average Bonchev–Trinajstić information content (AvgIpc) is 2.66. The summed E-state index contributed by atoms with van der Waals surface area (Å²) in [5.74, 6) is 1.34. The summed E-state index contributed by atoms with van der Waals surface area (Å²) in [5, 5.41) is 7.47. The molecule has 2 fully saturated rings. The lowest BCUT2D eigenvalue weighted by atomic mass is 9.78. The number of carbonyl (C=O) groups excluding carboxylic acids is 1.